The van der Waals surface area contributed by atoms with Gasteiger partial charge in [0.2, 0.25) is 33.7 Å². The number of nitrogens with one attached hydrogen (secondary N) is 5. The van der Waals surface area contributed by atoms with Gasteiger partial charge in [0.15, 0.2) is 5.13 Å². The number of nitrogens with zero attached hydrogens (tertiary/aromatic N) is 3. The van der Waals surface area contributed by atoms with Crippen molar-refractivity contribution >= 4 is 73.5 Å². The molecule has 1 fully saturated rings. The third-order valence-electron chi connectivity index (χ3n) is 11.0. The zero-order valence-corrected chi connectivity index (χ0v) is 37.2. The first-order chi connectivity index (χ1) is 31.2. The van der Waals surface area contributed by atoms with E-state index in [4.69, 9.17) is 0 Å². The van der Waals surface area contributed by atoms with E-state index < -0.39 is 51.5 Å². The summed E-state index contributed by atoms with van der Waals surface area (Å²) in [6.45, 7) is 0.750. The molecule has 1 atom stereocenters. The average molecular weight is 921 g/mol. The Bertz CT molecular complexity index is 2760. The van der Waals surface area contributed by atoms with E-state index in [0.29, 0.717) is 36.0 Å². The molecule has 7 amide bonds. The van der Waals surface area contributed by atoms with Crippen molar-refractivity contribution in [2.24, 2.45) is 0 Å². The smallest absolute Gasteiger partial charge is 0.262 e. The van der Waals surface area contributed by atoms with E-state index in [1.165, 1.54) is 29.8 Å². The number of aromatic nitrogens is 2. The van der Waals surface area contributed by atoms with Crippen LogP contribution in [0.3, 0.4) is 0 Å². The average Bonchev–Trinajstić information content (AvgIpc) is 4.04. The van der Waals surface area contributed by atoms with Crippen LogP contribution in [0, 0.1) is 0 Å². The Hall–Kier alpha value is -6.99. The molecule has 2 aliphatic heterocycles. The molecule has 19 heteroatoms. The number of carbonyl (C=O) groups excluding carboxylic acids is 7. The quantitative estimate of drug-likeness (QED) is 0.0495. The van der Waals surface area contributed by atoms with Crippen molar-refractivity contribution in [1.29, 1.82) is 0 Å². The van der Waals surface area contributed by atoms with Crippen molar-refractivity contribution in [2.45, 2.75) is 70.4 Å². The van der Waals surface area contributed by atoms with Crippen molar-refractivity contribution in [3.05, 3.63) is 113 Å². The van der Waals surface area contributed by atoms with Crippen molar-refractivity contribution < 1.29 is 42.0 Å². The Morgan fingerprint density at radius 3 is 2.31 bits per heavy atom. The largest absolute Gasteiger partial charge is 0.385 e. The number of fused-ring (bicyclic) bond motifs is 1. The molecule has 3 aromatic carbocycles. The molecule has 0 radical (unpaired) electrons. The first-order valence-corrected chi connectivity index (χ1v) is 23.9. The highest BCUT2D eigenvalue weighted by Crippen LogP contribution is 2.31. The highest BCUT2D eigenvalue weighted by molar-refractivity contribution is 7.89. The molecule has 1 unspecified atom stereocenters. The molecular formula is C46H48N8O9S2. The molecule has 17 nitrogen and oxygen atoms in total. The van der Waals surface area contributed by atoms with Crippen molar-refractivity contribution in [2.75, 3.05) is 30.0 Å². The lowest BCUT2D eigenvalue weighted by Gasteiger charge is -2.27. The Morgan fingerprint density at radius 2 is 1.54 bits per heavy atom. The molecule has 338 valence electrons. The SMILES string of the molecule is CS(=O)(=O)n1ccc(C(=O)NCC(=O)Nc2nc(-c3cccc(-c4cccc(CNC(=O)CCCCCCCCNc5ccc6c(c5)C(=O)N(C5CCC(=O)NC5=O)C6=O)c4)c3)cs2)c1. The lowest BCUT2D eigenvalue weighted by Crippen LogP contribution is -2.54. The van der Waals surface area contributed by atoms with Gasteiger partial charge in [-0.25, -0.2) is 13.4 Å². The third kappa shape index (κ3) is 11.8. The molecule has 2 aromatic heterocycles. The molecule has 65 heavy (non-hydrogen) atoms. The highest BCUT2D eigenvalue weighted by atomic mass is 32.2. The third-order valence-corrected chi connectivity index (χ3v) is 12.7. The van der Waals surface area contributed by atoms with Gasteiger partial charge >= 0.3 is 0 Å². The highest BCUT2D eigenvalue weighted by Gasteiger charge is 2.44. The van der Waals surface area contributed by atoms with Crippen molar-refractivity contribution in [3.63, 3.8) is 0 Å². The van der Waals surface area contributed by atoms with Gasteiger partial charge in [-0.1, -0.05) is 62.1 Å². The molecule has 4 heterocycles. The summed E-state index contributed by atoms with van der Waals surface area (Å²) in [5.41, 5.74) is 5.70. The number of amides is 7. The molecule has 0 bridgehead atoms. The monoisotopic (exact) mass is 920 g/mol. The summed E-state index contributed by atoms with van der Waals surface area (Å²) in [5.74, 6) is -3.19. The van der Waals surface area contributed by atoms with E-state index in [-0.39, 0.29) is 42.0 Å². The maximum Gasteiger partial charge on any atom is 0.262 e. The van der Waals surface area contributed by atoms with Crippen molar-refractivity contribution in [3.8, 4) is 22.4 Å². The number of imide groups is 2. The van der Waals surface area contributed by atoms with Gasteiger partial charge in [0, 0.05) is 55.0 Å². The zero-order chi connectivity index (χ0) is 46.1. The fraction of sp³-hybridized carbons (Fsp3) is 0.304. The number of rotatable bonds is 20. The normalized spacial score (nSPS) is 14.8. The summed E-state index contributed by atoms with van der Waals surface area (Å²) in [6.07, 6.45) is 9.72. The van der Waals surface area contributed by atoms with E-state index in [1.54, 1.807) is 18.2 Å². The summed E-state index contributed by atoms with van der Waals surface area (Å²) in [7, 11) is -3.53. The number of anilines is 2. The summed E-state index contributed by atoms with van der Waals surface area (Å²) in [6, 6.07) is 21.1. The predicted molar refractivity (Wildman–Crippen MR) is 244 cm³/mol. The van der Waals surface area contributed by atoms with Gasteiger partial charge in [0.05, 0.1) is 35.2 Å². The summed E-state index contributed by atoms with van der Waals surface area (Å²) >= 11 is 1.24. The van der Waals surface area contributed by atoms with Crippen LogP contribution in [0.1, 0.15) is 94.4 Å². The van der Waals surface area contributed by atoms with E-state index in [2.05, 4.69) is 31.6 Å². The summed E-state index contributed by atoms with van der Waals surface area (Å²) in [5, 5.41) is 15.9. The van der Waals surface area contributed by atoms with Gasteiger partial charge in [0.1, 0.15) is 6.04 Å². The van der Waals surface area contributed by atoms with Gasteiger partial charge in [-0.2, -0.15) is 0 Å². The number of benzene rings is 3. The first-order valence-electron chi connectivity index (χ1n) is 21.2. The number of hydrogen-bond donors (Lipinski definition) is 5. The molecule has 5 N–H and O–H groups in total. The molecule has 1 saturated heterocycles. The standard InChI is InChI=1S/C46H48N8O9S2/c1-65(62,63)53-21-19-33(27-53)42(58)49-26-41(57)52-46-50-37(28-64-46)32-13-9-12-31(23-32)30-11-8-10-29(22-30)25-48-39(55)14-6-4-2-3-5-7-20-47-34-15-16-35-36(24-34)45(61)54(44(35)60)38-17-18-40(56)51-43(38)59/h8-13,15-16,19,21-24,27-28,38,47H,2-7,14,17-18,20,25-26H2,1H3,(H,48,55)(H,49,58)(H,50,52,57)(H,51,56,59). The molecule has 0 aliphatic carbocycles. The Labute approximate surface area is 379 Å². The van der Waals surface area contributed by atoms with Crippen LogP contribution < -0.4 is 26.6 Å². The van der Waals surface area contributed by atoms with Crippen molar-refractivity contribution in [1.82, 2.24) is 29.8 Å². The van der Waals surface area contributed by atoms with Gasteiger partial charge in [-0.3, -0.25) is 47.8 Å². The molecule has 7 rings (SSSR count). The molecule has 0 spiro atoms. The van der Waals surface area contributed by atoms with Crippen LogP contribution in [0.15, 0.2) is 90.6 Å². The number of hydrogen-bond acceptors (Lipinski definition) is 12. The van der Waals surface area contributed by atoms with E-state index >= 15 is 0 Å². The lowest BCUT2D eigenvalue weighted by molar-refractivity contribution is -0.136. The minimum atomic E-state index is -3.53. The van der Waals surface area contributed by atoms with Gasteiger partial charge < -0.3 is 21.3 Å². The van der Waals surface area contributed by atoms with Crippen LogP contribution in [-0.2, 0) is 35.7 Å². The second-order valence-electron chi connectivity index (χ2n) is 15.8. The molecule has 0 saturated carbocycles. The van der Waals surface area contributed by atoms with E-state index in [1.807, 2.05) is 53.9 Å². The first kappa shape index (κ1) is 46.0. The molecule has 2 aliphatic rings. The fourth-order valence-electron chi connectivity index (χ4n) is 7.55. The van der Waals surface area contributed by atoms with Crippen LogP contribution in [0.25, 0.3) is 22.4 Å². The molecule has 5 aromatic rings. The number of piperidine rings is 1. The van der Waals surface area contributed by atoms with Crippen LogP contribution >= 0.6 is 11.3 Å². The van der Waals surface area contributed by atoms with Crippen LogP contribution in [0.5, 0.6) is 0 Å². The second-order valence-corrected chi connectivity index (χ2v) is 18.6. The predicted octanol–water partition coefficient (Wildman–Crippen LogP) is 5.32. The maximum atomic E-state index is 13.1. The minimum absolute atomic E-state index is 0.00512. The fourth-order valence-corrected chi connectivity index (χ4v) is 8.87. The van der Waals surface area contributed by atoms with Gasteiger partial charge in [-0.05, 0) is 72.4 Å². The van der Waals surface area contributed by atoms with Gasteiger partial charge in [0.25, 0.3) is 17.7 Å². The van der Waals surface area contributed by atoms with Gasteiger partial charge in [-0.15, -0.1) is 11.3 Å². The topological polar surface area (TPSA) is 235 Å². The van der Waals surface area contributed by atoms with E-state index in [9.17, 15) is 42.0 Å². The van der Waals surface area contributed by atoms with Crippen LogP contribution in [0.2, 0.25) is 0 Å². The summed E-state index contributed by atoms with van der Waals surface area (Å²) < 4.78 is 24.2. The zero-order valence-electron chi connectivity index (χ0n) is 35.6. The molecular weight excluding hydrogens is 873 g/mol. The second kappa shape index (κ2) is 20.7. The Balaban J connectivity index is 0.774. The number of carbonyl (C=O) groups is 7. The Morgan fingerprint density at radius 1 is 0.815 bits per heavy atom. The maximum absolute atomic E-state index is 13.1. The summed E-state index contributed by atoms with van der Waals surface area (Å²) in [4.78, 5) is 93.0. The number of unbranched alkanes of at least 4 members (excludes halogenated alkanes) is 5. The minimum Gasteiger partial charge on any atom is -0.385 e. The lowest BCUT2D eigenvalue weighted by atomic mass is 10.0. The van der Waals surface area contributed by atoms with Crippen LogP contribution in [-0.4, -0.2) is 89.0 Å². The van der Waals surface area contributed by atoms with E-state index in [0.717, 1.165) is 75.9 Å². The van der Waals surface area contributed by atoms with Crippen LogP contribution in [0.4, 0.5) is 10.8 Å². The number of thiazole rings is 1. The Kier molecular flexibility index (Phi) is 14.6.